The van der Waals surface area contributed by atoms with Crippen molar-refractivity contribution in [2.75, 3.05) is 13.2 Å². The van der Waals surface area contributed by atoms with Crippen LogP contribution >= 0.6 is 0 Å². The molecule has 1 aromatic carbocycles. The molecule has 0 fully saturated rings. The van der Waals surface area contributed by atoms with Gasteiger partial charge in [-0.3, -0.25) is 9.59 Å². The number of allylic oxidation sites excluding steroid dienone is 1. The maximum atomic E-state index is 12.6. The first-order valence-electron chi connectivity index (χ1n) is 8.95. The van der Waals surface area contributed by atoms with Gasteiger partial charge in [0.05, 0.1) is 18.1 Å². The summed E-state index contributed by atoms with van der Waals surface area (Å²) in [4.78, 5) is 25.2. The van der Waals surface area contributed by atoms with Crippen LogP contribution in [0.5, 0.6) is 0 Å². The minimum atomic E-state index is -3.98. The number of carbonyl (C=O) groups excluding carboxylic acids is 2. The number of hydrogen-bond acceptors (Lipinski definition) is 6. The molecule has 0 aromatic heterocycles. The van der Waals surface area contributed by atoms with Gasteiger partial charge in [0.1, 0.15) is 0 Å². The Morgan fingerprint density at radius 2 is 1.61 bits per heavy atom. The van der Waals surface area contributed by atoms with E-state index in [1.807, 2.05) is 6.92 Å². The molecule has 0 radical (unpaired) electrons. The molecular formula is C20H27NO6S. The molecule has 0 aliphatic rings. The first kappa shape index (κ1) is 23.6. The Morgan fingerprint density at radius 1 is 1.11 bits per heavy atom. The van der Waals surface area contributed by atoms with Gasteiger partial charge in [0.2, 0.25) is 0 Å². The van der Waals surface area contributed by atoms with Crippen LogP contribution < -0.4 is 0 Å². The Bertz CT molecular complexity index is 822. The van der Waals surface area contributed by atoms with Crippen molar-refractivity contribution < 1.29 is 27.5 Å². The summed E-state index contributed by atoms with van der Waals surface area (Å²) < 4.78 is 39.0. The lowest BCUT2D eigenvalue weighted by atomic mass is 9.79. The zero-order chi connectivity index (χ0) is 21.4. The van der Waals surface area contributed by atoms with E-state index in [0.29, 0.717) is 0 Å². The molecule has 0 aliphatic heterocycles. The zero-order valence-electron chi connectivity index (χ0n) is 16.7. The lowest BCUT2D eigenvalue weighted by Crippen LogP contribution is -2.43. The van der Waals surface area contributed by atoms with Gasteiger partial charge in [-0.05, 0) is 46.2 Å². The van der Waals surface area contributed by atoms with E-state index in [0.717, 1.165) is 5.56 Å². The van der Waals surface area contributed by atoms with Crippen molar-refractivity contribution in [2.45, 2.75) is 45.4 Å². The number of carbonyl (C=O) groups is 2. The predicted octanol–water partition coefficient (Wildman–Crippen LogP) is 3.22. The van der Waals surface area contributed by atoms with E-state index in [4.69, 9.17) is 9.47 Å². The average Bonchev–Trinajstić information content (AvgIpc) is 2.61. The Kier molecular flexibility index (Phi) is 8.56. The molecule has 0 N–H and O–H groups in total. The fourth-order valence-electron chi connectivity index (χ4n) is 2.69. The van der Waals surface area contributed by atoms with E-state index >= 15 is 0 Å². The molecule has 0 atom stereocenters. The maximum Gasteiger partial charge on any atom is 0.324 e. The molecule has 154 valence electrons. The third kappa shape index (κ3) is 5.76. The van der Waals surface area contributed by atoms with E-state index < -0.39 is 27.4 Å². The predicted molar refractivity (Wildman–Crippen MR) is 107 cm³/mol. The summed E-state index contributed by atoms with van der Waals surface area (Å²) in [6, 6.07) is 6.23. The fraction of sp³-hybridized carbons (Fsp3) is 0.450. The summed E-state index contributed by atoms with van der Waals surface area (Å²) in [5.41, 5.74) is -0.734. The van der Waals surface area contributed by atoms with Crippen LogP contribution in [0.25, 0.3) is 0 Å². The second kappa shape index (κ2) is 10.2. The topological polar surface area (TPSA) is 99.1 Å². The summed E-state index contributed by atoms with van der Waals surface area (Å²) in [5, 5.41) is 0. The monoisotopic (exact) mass is 409 g/mol. The van der Waals surface area contributed by atoms with Crippen molar-refractivity contribution in [3.05, 3.63) is 42.5 Å². The van der Waals surface area contributed by atoms with Crippen molar-refractivity contribution in [1.29, 1.82) is 0 Å². The third-order valence-electron chi connectivity index (χ3n) is 3.98. The summed E-state index contributed by atoms with van der Waals surface area (Å²) in [7, 11) is -3.98. The summed E-state index contributed by atoms with van der Waals surface area (Å²) in [5.74, 6) is -1.59. The molecule has 0 aliphatic carbocycles. The van der Waals surface area contributed by atoms with Gasteiger partial charge < -0.3 is 9.47 Å². The van der Waals surface area contributed by atoms with Crippen LogP contribution in [0.2, 0.25) is 0 Å². The SMILES string of the molecule is C=CCC(C/C(C)=N\S(=O)(=O)c1ccc(C)cc1)(C(=O)OCC)C(=O)OCC. The van der Waals surface area contributed by atoms with E-state index in [9.17, 15) is 18.0 Å². The number of ether oxygens (including phenoxy) is 2. The standard InChI is InChI=1S/C20H27NO6S/c1-6-13-20(18(22)26-7-2,19(23)27-8-3)14-16(5)21-28(24,25)17-11-9-15(4)10-12-17/h6,9-12H,1,7-8,13-14H2,2-5H3/b21-16-. The molecule has 0 amide bonds. The molecule has 1 rings (SSSR count). The van der Waals surface area contributed by atoms with Gasteiger partial charge in [-0.2, -0.15) is 12.8 Å². The highest BCUT2D eigenvalue weighted by molar-refractivity contribution is 7.90. The van der Waals surface area contributed by atoms with E-state index in [1.165, 1.54) is 25.1 Å². The largest absolute Gasteiger partial charge is 0.465 e. The first-order chi connectivity index (χ1) is 13.1. The minimum Gasteiger partial charge on any atom is -0.465 e. The third-order valence-corrected chi connectivity index (χ3v) is 5.40. The van der Waals surface area contributed by atoms with Crippen LogP contribution in [-0.4, -0.2) is 39.3 Å². The fourth-order valence-corrected chi connectivity index (χ4v) is 3.75. The molecule has 0 saturated carbocycles. The second-order valence-electron chi connectivity index (χ2n) is 6.31. The van der Waals surface area contributed by atoms with Gasteiger partial charge in [-0.1, -0.05) is 23.8 Å². The Labute approximate surface area is 166 Å². The number of nitrogens with zero attached hydrogens (tertiary/aromatic N) is 1. The number of esters is 2. The van der Waals surface area contributed by atoms with Crippen molar-refractivity contribution >= 4 is 27.7 Å². The van der Waals surface area contributed by atoms with E-state index in [2.05, 4.69) is 11.0 Å². The number of sulfonamides is 1. The van der Waals surface area contributed by atoms with Gasteiger partial charge in [0.15, 0.2) is 5.41 Å². The van der Waals surface area contributed by atoms with Gasteiger partial charge in [0.25, 0.3) is 10.0 Å². The average molecular weight is 410 g/mol. The molecule has 0 saturated heterocycles. The number of rotatable bonds is 10. The van der Waals surface area contributed by atoms with E-state index in [-0.39, 0.29) is 36.7 Å². The number of aryl methyl sites for hydroxylation is 1. The second-order valence-corrected chi connectivity index (χ2v) is 7.91. The van der Waals surface area contributed by atoms with Crippen LogP contribution in [0, 0.1) is 12.3 Å². The highest BCUT2D eigenvalue weighted by atomic mass is 32.2. The summed E-state index contributed by atoms with van der Waals surface area (Å²) in [6.45, 7) is 10.2. The Hall–Kier alpha value is -2.48. The zero-order valence-corrected chi connectivity index (χ0v) is 17.5. The smallest absolute Gasteiger partial charge is 0.324 e. The van der Waals surface area contributed by atoms with Gasteiger partial charge >= 0.3 is 11.9 Å². The maximum absolute atomic E-state index is 12.6. The molecule has 0 spiro atoms. The number of benzene rings is 1. The summed E-state index contributed by atoms with van der Waals surface area (Å²) >= 11 is 0. The van der Waals surface area contributed by atoms with Crippen LogP contribution in [-0.2, 0) is 29.1 Å². The molecule has 1 aromatic rings. The number of hydrogen-bond donors (Lipinski definition) is 0. The van der Waals surface area contributed by atoms with Gasteiger partial charge in [-0.25, -0.2) is 0 Å². The highest BCUT2D eigenvalue weighted by Crippen LogP contribution is 2.32. The molecule has 28 heavy (non-hydrogen) atoms. The molecule has 0 unspecified atom stereocenters. The van der Waals surface area contributed by atoms with Crippen LogP contribution in [0.4, 0.5) is 0 Å². The quantitative estimate of drug-likeness (QED) is 0.255. The van der Waals surface area contributed by atoms with Crippen LogP contribution in [0.15, 0.2) is 46.2 Å². The lowest BCUT2D eigenvalue weighted by Gasteiger charge is -2.28. The lowest BCUT2D eigenvalue weighted by molar-refractivity contribution is -0.171. The van der Waals surface area contributed by atoms with Crippen LogP contribution in [0.3, 0.4) is 0 Å². The normalized spacial score (nSPS) is 12.4. The van der Waals surface area contributed by atoms with Crippen molar-refractivity contribution in [3.63, 3.8) is 0 Å². The highest BCUT2D eigenvalue weighted by Gasteiger charge is 2.48. The van der Waals surface area contributed by atoms with Crippen molar-refractivity contribution in [1.82, 2.24) is 0 Å². The summed E-state index contributed by atoms with van der Waals surface area (Å²) in [6.07, 6.45) is 1.07. The Morgan fingerprint density at radius 3 is 2.04 bits per heavy atom. The van der Waals surface area contributed by atoms with Crippen LogP contribution in [0.1, 0.15) is 39.2 Å². The molecule has 0 bridgehead atoms. The van der Waals surface area contributed by atoms with Gasteiger partial charge in [-0.15, -0.1) is 6.58 Å². The Balaban J connectivity index is 3.33. The molecule has 8 heteroatoms. The van der Waals surface area contributed by atoms with E-state index in [1.54, 1.807) is 26.0 Å². The minimum absolute atomic E-state index is 0.0269. The first-order valence-corrected chi connectivity index (χ1v) is 10.4. The molecule has 0 heterocycles. The van der Waals surface area contributed by atoms with Crippen molar-refractivity contribution in [3.8, 4) is 0 Å². The molecule has 7 nitrogen and oxygen atoms in total. The van der Waals surface area contributed by atoms with Gasteiger partial charge in [0, 0.05) is 12.1 Å². The molecular weight excluding hydrogens is 382 g/mol. The van der Waals surface area contributed by atoms with Crippen molar-refractivity contribution in [2.24, 2.45) is 9.81 Å².